The van der Waals surface area contributed by atoms with Crippen LogP contribution in [0.3, 0.4) is 0 Å². The van der Waals surface area contributed by atoms with Gasteiger partial charge in [0.05, 0.1) is 11.3 Å². The average molecular weight is 447 g/mol. The lowest BCUT2D eigenvalue weighted by molar-refractivity contribution is 0.0698. The van der Waals surface area contributed by atoms with Gasteiger partial charge in [0.1, 0.15) is 18.5 Å². The Morgan fingerprint density at radius 3 is 2.15 bits per heavy atom. The minimum atomic E-state index is -0.944. The Morgan fingerprint density at radius 1 is 0.735 bits per heavy atom. The predicted molar refractivity (Wildman–Crippen MR) is 133 cm³/mol. The number of benzene rings is 4. The summed E-state index contributed by atoms with van der Waals surface area (Å²) in [5.74, 6) is -0.944. The summed E-state index contributed by atoms with van der Waals surface area (Å²) >= 11 is 0. The van der Waals surface area contributed by atoms with Gasteiger partial charge >= 0.3 is 5.97 Å². The standard InChI is InChI=1S/C28H22N4O2/c33-28(34)18-10-2-6-14-22(18)30-26-20-12-4-8-16-24(20)31-25-19-11-3-7-15-23(19)32(26)27(31)17-9-1-5-13-21(17)29-25/h1-16,25-27,29-30H,(H,33,34)/t25-,26-,27+/m0/s1. The third kappa shape index (κ3) is 2.53. The van der Waals surface area contributed by atoms with Gasteiger partial charge in [-0.3, -0.25) is 0 Å². The lowest BCUT2D eigenvalue weighted by Gasteiger charge is -2.60. The normalized spacial score (nSPS) is 21.0. The van der Waals surface area contributed by atoms with Gasteiger partial charge in [-0.15, -0.1) is 0 Å². The number of nitrogens with zero attached hydrogens (tertiary/aromatic N) is 2. The molecule has 3 aliphatic rings. The summed E-state index contributed by atoms with van der Waals surface area (Å²) in [4.78, 5) is 16.8. The van der Waals surface area contributed by atoms with Gasteiger partial charge < -0.3 is 25.5 Å². The monoisotopic (exact) mass is 446 g/mol. The number of carboxylic acid groups (broad SMARTS) is 1. The number of hydrogen-bond acceptors (Lipinski definition) is 5. The molecule has 0 spiro atoms. The van der Waals surface area contributed by atoms with E-state index in [0.29, 0.717) is 5.69 Å². The Balaban J connectivity index is 1.49. The van der Waals surface area contributed by atoms with Crippen molar-refractivity contribution < 1.29 is 9.90 Å². The first-order chi connectivity index (χ1) is 16.7. The van der Waals surface area contributed by atoms with Crippen molar-refractivity contribution >= 4 is 28.7 Å². The highest BCUT2D eigenvalue weighted by molar-refractivity contribution is 5.94. The zero-order chi connectivity index (χ0) is 22.8. The van der Waals surface area contributed by atoms with Crippen molar-refractivity contribution in [2.75, 3.05) is 20.4 Å². The number of carbonyl (C=O) groups is 1. The molecule has 0 aromatic heterocycles. The molecular formula is C28H22N4O2. The highest BCUT2D eigenvalue weighted by Gasteiger charge is 2.50. The van der Waals surface area contributed by atoms with E-state index in [4.69, 9.17) is 0 Å². The fourth-order valence-electron chi connectivity index (χ4n) is 5.70. The van der Waals surface area contributed by atoms with E-state index in [0.717, 1.165) is 22.6 Å². The van der Waals surface area contributed by atoms with Crippen LogP contribution in [0.4, 0.5) is 22.7 Å². The van der Waals surface area contributed by atoms with Gasteiger partial charge in [0.15, 0.2) is 0 Å². The number of rotatable bonds is 3. The lowest BCUT2D eigenvalue weighted by atomic mass is 9.88. The minimum absolute atomic E-state index is 0.000700. The van der Waals surface area contributed by atoms with Crippen LogP contribution in [-0.4, -0.2) is 11.1 Å². The van der Waals surface area contributed by atoms with E-state index in [2.05, 4.69) is 87.2 Å². The van der Waals surface area contributed by atoms with Gasteiger partial charge in [-0.1, -0.05) is 66.7 Å². The third-order valence-electron chi connectivity index (χ3n) is 7.08. The van der Waals surface area contributed by atoms with E-state index in [9.17, 15) is 9.90 Å². The predicted octanol–water partition coefficient (Wildman–Crippen LogP) is 5.96. The highest BCUT2D eigenvalue weighted by atomic mass is 16.4. The van der Waals surface area contributed by atoms with Crippen LogP contribution in [0.2, 0.25) is 0 Å². The van der Waals surface area contributed by atoms with Crippen molar-refractivity contribution in [1.29, 1.82) is 0 Å². The summed E-state index contributed by atoms with van der Waals surface area (Å²) in [7, 11) is 0. The number of para-hydroxylation sites is 4. The van der Waals surface area contributed by atoms with Crippen molar-refractivity contribution in [3.8, 4) is 0 Å². The molecule has 0 fully saturated rings. The van der Waals surface area contributed by atoms with Crippen molar-refractivity contribution in [2.45, 2.75) is 18.5 Å². The number of hydrogen-bond donors (Lipinski definition) is 3. The highest BCUT2D eigenvalue weighted by Crippen LogP contribution is 2.58. The van der Waals surface area contributed by atoms with E-state index >= 15 is 0 Å². The first-order valence-corrected chi connectivity index (χ1v) is 11.4. The second kappa shape index (κ2) is 7.02. The number of anilines is 4. The Labute approximate surface area is 197 Å². The topological polar surface area (TPSA) is 67.8 Å². The van der Waals surface area contributed by atoms with Crippen molar-refractivity contribution in [3.63, 3.8) is 0 Å². The van der Waals surface area contributed by atoms with Crippen LogP contribution >= 0.6 is 0 Å². The maximum atomic E-state index is 12.0. The summed E-state index contributed by atoms with van der Waals surface area (Å²) < 4.78 is 0. The molecule has 6 nitrogen and oxygen atoms in total. The largest absolute Gasteiger partial charge is 0.478 e. The second-order valence-corrected chi connectivity index (χ2v) is 8.84. The molecule has 34 heavy (non-hydrogen) atoms. The molecule has 166 valence electrons. The molecule has 6 heteroatoms. The molecule has 0 saturated heterocycles. The van der Waals surface area contributed by atoms with E-state index in [1.165, 1.54) is 11.1 Å². The number of carboxylic acids is 1. The van der Waals surface area contributed by atoms with E-state index in [1.807, 2.05) is 18.2 Å². The molecule has 0 saturated carbocycles. The van der Waals surface area contributed by atoms with Crippen LogP contribution in [0.1, 0.15) is 45.5 Å². The summed E-state index contributed by atoms with van der Waals surface area (Å²) in [5, 5.41) is 17.2. The summed E-state index contributed by atoms with van der Waals surface area (Å²) in [5.41, 5.74) is 7.76. The van der Waals surface area contributed by atoms with E-state index in [-0.39, 0.29) is 24.1 Å². The molecule has 4 aromatic carbocycles. The smallest absolute Gasteiger partial charge is 0.337 e. The fraction of sp³-hybridized carbons (Fsp3) is 0.107. The van der Waals surface area contributed by atoms with E-state index < -0.39 is 5.97 Å². The molecule has 4 aromatic rings. The molecule has 7 rings (SSSR count). The Kier molecular flexibility index (Phi) is 3.94. The Bertz CT molecular complexity index is 1450. The minimum Gasteiger partial charge on any atom is -0.478 e. The molecule has 0 unspecified atom stereocenters. The maximum absolute atomic E-state index is 12.0. The first-order valence-electron chi connectivity index (χ1n) is 11.4. The summed E-state index contributed by atoms with van der Waals surface area (Å²) in [6, 6.07) is 32.4. The van der Waals surface area contributed by atoms with Crippen molar-refractivity contribution in [1.82, 2.24) is 0 Å². The summed E-state index contributed by atoms with van der Waals surface area (Å²) in [6.45, 7) is 0. The van der Waals surface area contributed by atoms with Crippen LogP contribution in [-0.2, 0) is 0 Å². The van der Waals surface area contributed by atoms with Crippen molar-refractivity contribution in [3.05, 3.63) is 119 Å². The molecule has 0 aliphatic carbocycles. The SMILES string of the molecule is O=C(O)c1ccccc1N[C@@H]1c2ccccc2N2[C@H]3c4ccccc4N[C@@H]2c2ccccc2N31. The fourth-order valence-corrected chi connectivity index (χ4v) is 5.70. The van der Waals surface area contributed by atoms with Gasteiger partial charge in [0.2, 0.25) is 0 Å². The lowest BCUT2D eigenvalue weighted by Crippen LogP contribution is -2.58. The van der Waals surface area contributed by atoms with Crippen molar-refractivity contribution in [2.24, 2.45) is 0 Å². The van der Waals surface area contributed by atoms with Gasteiger partial charge in [-0.25, -0.2) is 4.79 Å². The first kappa shape index (κ1) is 19.1. The van der Waals surface area contributed by atoms with Crippen LogP contribution in [0.5, 0.6) is 0 Å². The zero-order valence-electron chi connectivity index (χ0n) is 18.2. The second-order valence-electron chi connectivity index (χ2n) is 8.84. The molecule has 3 atom stereocenters. The molecule has 3 N–H and O–H groups in total. The van der Waals surface area contributed by atoms with Gasteiger partial charge in [-0.2, -0.15) is 0 Å². The Morgan fingerprint density at radius 2 is 1.35 bits per heavy atom. The molecule has 3 heterocycles. The van der Waals surface area contributed by atoms with Gasteiger partial charge in [0, 0.05) is 33.8 Å². The molecule has 4 bridgehead atoms. The third-order valence-corrected chi connectivity index (χ3v) is 7.08. The Hall–Kier alpha value is -4.45. The van der Waals surface area contributed by atoms with Gasteiger partial charge in [0.25, 0.3) is 0 Å². The number of fused-ring (bicyclic) bond motifs is 5. The number of aromatic carboxylic acids is 1. The van der Waals surface area contributed by atoms with Gasteiger partial charge in [-0.05, 0) is 30.3 Å². The molecular weight excluding hydrogens is 424 g/mol. The zero-order valence-corrected chi connectivity index (χ0v) is 18.2. The number of nitrogens with one attached hydrogen (secondary N) is 2. The van der Waals surface area contributed by atoms with Crippen LogP contribution in [0.15, 0.2) is 97.1 Å². The van der Waals surface area contributed by atoms with E-state index in [1.54, 1.807) is 12.1 Å². The summed E-state index contributed by atoms with van der Waals surface area (Å²) in [6.07, 6.45) is -0.297. The molecule has 0 amide bonds. The average Bonchev–Trinajstić information content (AvgIpc) is 2.88. The molecule has 0 radical (unpaired) electrons. The van der Waals surface area contributed by atoms with Crippen LogP contribution < -0.4 is 20.4 Å². The quantitative estimate of drug-likeness (QED) is 0.361. The van der Waals surface area contributed by atoms with Crippen LogP contribution in [0, 0.1) is 0 Å². The maximum Gasteiger partial charge on any atom is 0.337 e. The molecule has 3 aliphatic heterocycles. The van der Waals surface area contributed by atoms with Crippen LogP contribution in [0.25, 0.3) is 0 Å².